The fraction of sp³-hybridized carbons (Fsp3) is 0.615. The first-order chi connectivity index (χ1) is 8.31. The van der Waals surface area contributed by atoms with Crippen LogP contribution in [-0.4, -0.2) is 29.9 Å². The van der Waals surface area contributed by atoms with Crippen molar-refractivity contribution in [1.29, 1.82) is 0 Å². The van der Waals surface area contributed by atoms with E-state index in [0.717, 1.165) is 38.9 Å². The molecule has 1 aliphatic rings. The summed E-state index contributed by atoms with van der Waals surface area (Å²) in [6.07, 6.45) is 2.82. The summed E-state index contributed by atoms with van der Waals surface area (Å²) in [6, 6.07) is 4.59. The van der Waals surface area contributed by atoms with Crippen molar-refractivity contribution < 1.29 is 4.79 Å². The summed E-state index contributed by atoms with van der Waals surface area (Å²) < 4.78 is 0. The Balaban J connectivity index is 1.89. The van der Waals surface area contributed by atoms with E-state index in [9.17, 15) is 4.79 Å². The van der Waals surface area contributed by atoms with E-state index < -0.39 is 0 Å². The molecule has 0 spiro atoms. The van der Waals surface area contributed by atoms with Gasteiger partial charge < -0.3 is 10.2 Å². The molecule has 2 heterocycles. The molecule has 0 aliphatic carbocycles. The number of hydrogen-bond donors (Lipinski definition) is 1. The molecule has 0 saturated carbocycles. The van der Waals surface area contributed by atoms with Crippen LogP contribution in [0.3, 0.4) is 0 Å². The third kappa shape index (κ3) is 3.30. The molecule has 0 bridgehead atoms. The number of nitrogens with one attached hydrogen (secondary N) is 1. The molecule has 17 heavy (non-hydrogen) atoms. The van der Waals surface area contributed by atoms with E-state index in [1.54, 1.807) is 11.3 Å². The van der Waals surface area contributed by atoms with Crippen molar-refractivity contribution in [3.05, 3.63) is 22.4 Å². The lowest BCUT2D eigenvalue weighted by Crippen LogP contribution is -2.34. The topological polar surface area (TPSA) is 32.3 Å². The number of amides is 1. The zero-order valence-electron chi connectivity index (χ0n) is 10.3. The molecule has 1 unspecified atom stereocenters. The molecule has 1 aliphatic heterocycles. The lowest BCUT2D eigenvalue weighted by molar-refractivity contribution is -0.129. The lowest BCUT2D eigenvalue weighted by Gasteiger charge is -2.24. The summed E-state index contributed by atoms with van der Waals surface area (Å²) in [5.74, 6) is 0.319. The van der Waals surface area contributed by atoms with E-state index in [2.05, 4.69) is 28.6 Å². The van der Waals surface area contributed by atoms with Gasteiger partial charge in [0.1, 0.15) is 0 Å². The predicted octanol–water partition coefficient (Wildman–Crippen LogP) is 2.24. The van der Waals surface area contributed by atoms with Gasteiger partial charge in [0.15, 0.2) is 0 Å². The molecule has 2 rings (SSSR count). The van der Waals surface area contributed by atoms with Crippen LogP contribution < -0.4 is 5.32 Å². The maximum Gasteiger partial charge on any atom is 0.223 e. The van der Waals surface area contributed by atoms with Gasteiger partial charge in [-0.05, 0) is 37.4 Å². The Hall–Kier alpha value is -0.870. The lowest BCUT2D eigenvalue weighted by atomic mass is 10.1. The average molecular weight is 252 g/mol. The van der Waals surface area contributed by atoms with Crippen molar-refractivity contribution in [1.82, 2.24) is 10.2 Å². The largest absolute Gasteiger partial charge is 0.335 e. The third-order valence-corrected chi connectivity index (χ3v) is 4.12. The minimum atomic E-state index is 0.319. The van der Waals surface area contributed by atoms with Crippen molar-refractivity contribution in [3.63, 3.8) is 0 Å². The fourth-order valence-electron chi connectivity index (χ4n) is 2.33. The highest BCUT2D eigenvalue weighted by Crippen LogP contribution is 2.24. The van der Waals surface area contributed by atoms with Crippen molar-refractivity contribution in [3.8, 4) is 0 Å². The van der Waals surface area contributed by atoms with Gasteiger partial charge in [-0.15, -0.1) is 11.3 Å². The van der Waals surface area contributed by atoms with Crippen molar-refractivity contribution in [2.45, 2.75) is 38.8 Å². The molecule has 1 atom stereocenters. The molecule has 1 N–H and O–H groups in total. The zero-order valence-corrected chi connectivity index (χ0v) is 11.1. The molecule has 0 radical (unpaired) electrons. The molecule has 4 heteroatoms. The normalized spacial score (nSPS) is 20.2. The first-order valence-electron chi connectivity index (χ1n) is 6.34. The quantitative estimate of drug-likeness (QED) is 0.788. The Morgan fingerprint density at radius 2 is 2.47 bits per heavy atom. The molecule has 3 nitrogen and oxygen atoms in total. The van der Waals surface area contributed by atoms with Crippen LogP contribution in [0.15, 0.2) is 17.5 Å². The Labute approximate surface area is 107 Å². The average Bonchev–Trinajstić information content (AvgIpc) is 2.94. The minimum Gasteiger partial charge on any atom is -0.335 e. The van der Waals surface area contributed by atoms with Gasteiger partial charge in [0, 0.05) is 17.3 Å². The van der Waals surface area contributed by atoms with E-state index in [-0.39, 0.29) is 0 Å². The summed E-state index contributed by atoms with van der Waals surface area (Å²) in [6.45, 7) is 4.93. The Morgan fingerprint density at radius 1 is 1.59 bits per heavy atom. The van der Waals surface area contributed by atoms with Gasteiger partial charge in [-0.2, -0.15) is 0 Å². The molecule has 1 aromatic heterocycles. The second kappa shape index (κ2) is 6.17. The molecule has 1 fully saturated rings. The highest BCUT2D eigenvalue weighted by molar-refractivity contribution is 7.09. The van der Waals surface area contributed by atoms with E-state index >= 15 is 0 Å². The van der Waals surface area contributed by atoms with Crippen LogP contribution in [0.1, 0.15) is 31.1 Å². The number of likely N-dealkylation sites (tertiary alicyclic amines) is 1. The van der Waals surface area contributed by atoms with Gasteiger partial charge in [-0.1, -0.05) is 13.0 Å². The Morgan fingerprint density at radius 3 is 3.18 bits per heavy atom. The van der Waals surface area contributed by atoms with Crippen molar-refractivity contribution in [2.24, 2.45) is 0 Å². The number of carbonyl (C=O) groups excluding carboxylic acids is 1. The van der Waals surface area contributed by atoms with Crippen LogP contribution >= 0.6 is 11.3 Å². The van der Waals surface area contributed by atoms with Gasteiger partial charge in [-0.3, -0.25) is 4.79 Å². The van der Waals surface area contributed by atoms with Crippen molar-refractivity contribution >= 4 is 17.2 Å². The van der Waals surface area contributed by atoms with Gasteiger partial charge in [0.05, 0.1) is 6.54 Å². The van der Waals surface area contributed by atoms with Crippen LogP contribution in [0, 0.1) is 0 Å². The summed E-state index contributed by atoms with van der Waals surface area (Å²) in [7, 11) is 0. The standard InChI is InChI=1S/C13H20N2OS/c1-2-14-8-7-11-5-6-13(16)15(11)10-12-4-3-9-17-12/h3-4,9,11,14H,2,5-8,10H2,1H3. The van der Waals surface area contributed by atoms with Gasteiger partial charge in [-0.25, -0.2) is 0 Å². The van der Waals surface area contributed by atoms with Crippen LogP contribution in [-0.2, 0) is 11.3 Å². The predicted molar refractivity (Wildman–Crippen MR) is 71.1 cm³/mol. The summed E-state index contributed by atoms with van der Waals surface area (Å²) in [5, 5.41) is 5.41. The van der Waals surface area contributed by atoms with Crippen molar-refractivity contribution in [2.75, 3.05) is 13.1 Å². The van der Waals surface area contributed by atoms with E-state index in [0.29, 0.717) is 11.9 Å². The van der Waals surface area contributed by atoms with E-state index in [1.165, 1.54) is 4.88 Å². The van der Waals surface area contributed by atoms with Gasteiger partial charge >= 0.3 is 0 Å². The van der Waals surface area contributed by atoms with E-state index in [4.69, 9.17) is 0 Å². The first-order valence-corrected chi connectivity index (χ1v) is 7.21. The van der Waals surface area contributed by atoms with Gasteiger partial charge in [0.25, 0.3) is 0 Å². The molecular weight excluding hydrogens is 232 g/mol. The first kappa shape index (κ1) is 12.6. The molecule has 1 amide bonds. The summed E-state index contributed by atoms with van der Waals surface area (Å²) in [4.78, 5) is 15.2. The number of thiophene rings is 1. The number of nitrogens with zero attached hydrogens (tertiary/aromatic N) is 1. The molecule has 0 aromatic carbocycles. The monoisotopic (exact) mass is 252 g/mol. The Bertz CT molecular complexity index is 350. The third-order valence-electron chi connectivity index (χ3n) is 3.26. The molecule has 1 saturated heterocycles. The highest BCUT2D eigenvalue weighted by atomic mass is 32.1. The second-order valence-corrected chi connectivity index (χ2v) is 5.47. The van der Waals surface area contributed by atoms with E-state index in [1.807, 2.05) is 6.07 Å². The SMILES string of the molecule is CCNCCC1CCC(=O)N1Cc1cccs1. The molecule has 1 aromatic rings. The van der Waals surface area contributed by atoms with Crippen LogP contribution in [0.4, 0.5) is 0 Å². The molecule has 94 valence electrons. The highest BCUT2D eigenvalue weighted by Gasteiger charge is 2.30. The zero-order chi connectivity index (χ0) is 12.1. The smallest absolute Gasteiger partial charge is 0.223 e. The van der Waals surface area contributed by atoms with Gasteiger partial charge in [0.2, 0.25) is 5.91 Å². The maximum absolute atomic E-state index is 11.9. The fourth-order valence-corrected chi connectivity index (χ4v) is 3.03. The molecular formula is C13H20N2OS. The Kier molecular flexibility index (Phi) is 4.57. The minimum absolute atomic E-state index is 0.319. The second-order valence-electron chi connectivity index (χ2n) is 4.44. The van der Waals surface area contributed by atoms with Crippen LogP contribution in [0.5, 0.6) is 0 Å². The van der Waals surface area contributed by atoms with Crippen LogP contribution in [0.25, 0.3) is 0 Å². The maximum atomic E-state index is 11.9. The summed E-state index contributed by atoms with van der Waals surface area (Å²) >= 11 is 1.73. The number of carbonyl (C=O) groups is 1. The van der Waals surface area contributed by atoms with Crippen LogP contribution in [0.2, 0.25) is 0 Å². The summed E-state index contributed by atoms with van der Waals surface area (Å²) in [5.41, 5.74) is 0. The number of rotatable bonds is 6. The number of hydrogen-bond acceptors (Lipinski definition) is 3.